The summed E-state index contributed by atoms with van der Waals surface area (Å²) in [7, 11) is 0. The van der Waals surface area contributed by atoms with Gasteiger partial charge in [0.25, 0.3) is 0 Å². The molecule has 3 heterocycles. The van der Waals surface area contributed by atoms with Gasteiger partial charge in [-0.1, -0.05) is 42.4 Å². The van der Waals surface area contributed by atoms with Crippen molar-refractivity contribution in [2.24, 2.45) is 0 Å². The van der Waals surface area contributed by atoms with E-state index in [1.165, 1.54) is 21.9 Å². The van der Waals surface area contributed by atoms with E-state index in [4.69, 9.17) is 18.2 Å². The van der Waals surface area contributed by atoms with Crippen molar-refractivity contribution in [3.8, 4) is 11.3 Å². The van der Waals surface area contributed by atoms with Gasteiger partial charge in [-0.25, -0.2) is 25.3 Å². The van der Waals surface area contributed by atoms with E-state index >= 15 is 4.39 Å². The average Bonchev–Trinajstić information content (AvgIpc) is 2.94. The molecule has 0 bridgehead atoms. The number of anilines is 1. The number of aromatic nitrogens is 3. The third kappa shape index (κ3) is 4.66. The van der Waals surface area contributed by atoms with Crippen molar-refractivity contribution in [1.29, 1.82) is 0 Å². The summed E-state index contributed by atoms with van der Waals surface area (Å²) in [6.45, 7) is 10.7. The lowest BCUT2D eigenvalue weighted by molar-refractivity contribution is -0.144. The molecule has 1 amide bonds. The van der Waals surface area contributed by atoms with Gasteiger partial charge >= 0.3 is 6.18 Å². The fourth-order valence-corrected chi connectivity index (χ4v) is 5.09. The van der Waals surface area contributed by atoms with Gasteiger partial charge in [-0.05, 0) is 17.5 Å². The highest BCUT2D eigenvalue weighted by molar-refractivity contribution is 6.36. The minimum atomic E-state index is -5.01. The predicted molar refractivity (Wildman–Crippen MR) is 140 cm³/mol. The van der Waals surface area contributed by atoms with Crippen LogP contribution >= 0.6 is 11.6 Å². The van der Waals surface area contributed by atoms with Gasteiger partial charge in [0.05, 0.1) is 10.4 Å². The zero-order valence-electron chi connectivity index (χ0n) is 20.5. The topological polar surface area (TPSA) is 66.6 Å². The molecule has 0 aliphatic carbocycles. The number of nitrogens with zero attached hydrogens (tertiary/aromatic N) is 6. The molecule has 40 heavy (non-hydrogen) atoms. The summed E-state index contributed by atoms with van der Waals surface area (Å²) in [5.74, 6) is -4.15. The van der Waals surface area contributed by atoms with E-state index in [2.05, 4.69) is 26.4 Å². The van der Waals surface area contributed by atoms with Crippen LogP contribution in [0.15, 0.2) is 49.2 Å². The van der Waals surface area contributed by atoms with Crippen molar-refractivity contribution in [3.05, 3.63) is 83.1 Å². The molecule has 7 nitrogen and oxygen atoms in total. The van der Waals surface area contributed by atoms with Crippen LogP contribution in [0.5, 0.6) is 0 Å². The second-order valence-electron chi connectivity index (χ2n) is 8.99. The van der Waals surface area contributed by atoms with E-state index in [1.54, 1.807) is 12.1 Å². The number of hydrogen-bond acceptors (Lipinski definition) is 5. The van der Waals surface area contributed by atoms with Crippen molar-refractivity contribution in [1.82, 2.24) is 19.9 Å². The first kappa shape index (κ1) is 27.2. The Bertz CT molecular complexity index is 1720. The first-order valence-electron chi connectivity index (χ1n) is 11.9. The number of benzene rings is 2. The quantitative estimate of drug-likeness (QED) is 0.173. The fraction of sp³-hybridized carbons (Fsp3) is 0.222. The van der Waals surface area contributed by atoms with Crippen molar-refractivity contribution < 1.29 is 26.7 Å². The first-order valence-corrected chi connectivity index (χ1v) is 12.2. The SMILES string of the molecule is [C-]#[N+]C[C@H]1CN(c2nc(C(F)(F)F)nc3c(F)c(-c4cccc5ccc(F)c(Cl)c45)ncc23)CCN1C(=O)C=C. The van der Waals surface area contributed by atoms with Gasteiger partial charge in [-0.2, -0.15) is 13.2 Å². The number of piperazine rings is 1. The second-order valence-corrected chi connectivity index (χ2v) is 9.37. The largest absolute Gasteiger partial charge is 0.451 e. The number of amides is 1. The fourth-order valence-electron chi connectivity index (χ4n) is 4.82. The smallest absolute Gasteiger partial charge is 0.352 e. The molecule has 0 radical (unpaired) electrons. The number of fused-ring (bicyclic) bond motifs is 2. The molecule has 1 atom stereocenters. The van der Waals surface area contributed by atoms with Gasteiger partial charge in [0.2, 0.25) is 18.3 Å². The van der Waals surface area contributed by atoms with E-state index in [0.29, 0.717) is 5.39 Å². The molecule has 4 aromatic rings. The van der Waals surface area contributed by atoms with Gasteiger partial charge in [0.1, 0.15) is 28.9 Å². The highest BCUT2D eigenvalue weighted by Gasteiger charge is 2.38. The Morgan fingerprint density at radius 3 is 2.67 bits per heavy atom. The van der Waals surface area contributed by atoms with Crippen molar-refractivity contribution in [3.63, 3.8) is 0 Å². The Labute approximate surface area is 229 Å². The summed E-state index contributed by atoms with van der Waals surface area (Å²) in [6.07, 6.45) is -2.76. The van der Waals surface area contributed by atoms with E-state index in [0.717, 1.165) is 18.3 Å². The van der Waals surface area contributed by atoms with E-state index < -0.39 is 41.1 Å². The number of pyridine rings is 1. The van der Waals surface area contributed by atoms with Crippen LogP contribution in [0, 0.1) is 18.2 Å². The lowest BCUT2D eigenvalue weighted by atomic mass is 10.0. The summed E-state index contributed by atoms with van der Waals surface area (Å²) in [5.41, 5.74) is -0.933. The minimum absolute atomic E-state index is 0.0348. The number of rotatable bonds is 4. The molecule has 13 heteroatoms. The number of carbonyl (C=O) groups excluding carboxylic acids is 1. The zero-order valence-corrected chi connectivity index (χ0v) is 21.3. The molecule has 1 saturated heterocycles. The number of alkyl halides is 3. The van der Waals surface area contributed by atoms with Gasteiger partial charge in [-0.3, -0.25) is 9.78 Å². The molecule has 204 valence electrons. The predicted octanol–water partition coefficient (Wildman–Crippen LogP) is 5.92. The molecule has 2 aromatic heterocycles. The van der Waals surface area contributed by atoms with E-state index in [9.17, 15) is 22.4 Å². The van der Waals surface area contributed by atoms with E-state index in [1.807, 2.05) is 0 Å². The van der Waals surface area contributed by atoms with Crippen LogP contribution in [0.3, 0.4) is 0 Å². The van der Waals surface area contributed by atoms with Gasteiger partial charge in [0.15, 0.2) is 5.82 Å². The third-order valence-electron chi connectivity index (χ3n) is 6.65. The maximum atomic E-state index is 16.1. The summed E-state index contributed by atoms with van der Waals surface area (Å²) >= 11 is 6.19. The Morgan fingerprint density at radius 2 is 1.98 bits per heavy atom. The normalized spacial score (nSPS) is 15.9. The van der Waals surface area contributed by atoms with Crippen LogP contribution in [-0.4, -0.2) is 58.0 Å². The first-order chi connectivity index (χ1) is 19.0. The van der Waals surface area contributed by atoms with Crippen LogP contribution in [0.2, 0.25) is 5.02 Å². The molecular formula is C27H18ClF5N6O. The van der Waals surface area contributed by atoms with Crippen molar-refractivity contribution in [2.75, 3.05) is 31.1 Å². The average molecular weight is 573 g/mol. The highest BCUT2D eigenvalue weighted by atomic mass is 35.5. The standard InChI is InChI=1S/C27H18ClF5N6O/c1-3-19(40)39-10-9-38(13-15(39)11-34-2)25-17-12-35-23(22(30)24(17)36-26(37-25)27(31,32)33)16-6-4-5-14-7-8-18(29)21(28)20(14)16/h3-8,12,15H,1,9-11,13H2/t15-/m0/s1. The number of carbonyl (C=O) groups is 1. The van der Waals surface area contributed by atoms with Crippen LogP contribution < -0.4 is 4.90 Å². The Kier molecular flexibility index (Phi) is 7.01. The maximum Gasteiger partial charge on any atom is 0.451 e. The molecule has 5 rings (SSSR count). The molecule has 0 spiro atoms. The van der Waals surface area contributed by atoms with Crippen molar-refractivity contribution >= 4 is 45.0 Å². The van der Waals surface area contributed by atoms with Gasteiger partial charge in [-0.15, -0.1) is 0 Å². The zero-order chi connectivity index (χ0) is 28.8. The molecule has 1 aliphatic heterocycles. The van der Waals surface area contributed by atoms with Gasteiger partial charge in [0, 0.05) is 36.8 Å². The Balaban J connectivity index is 1.70. The summed E-state index contributed by atoms with van der Waals surface area (Å²) in [5, 5.41) is 0.232. The summed E-state index contributed by atoms with van der Waals surface area (Å²) in [6, 6.07) is 6.55. The minimum Gasteiger partial charge on any atom is -0.352 e. The highest BCUT2D eigenvalue weighted by Crippen LogP contribution is 2.39. The van der Waals surface area contributed by atoms with E-state index in [-0.39, 0.29) is 59.0 Å². The summed E-state index contributed by atoms with van der Waals surface area (Å²) < 4.78 is 72.0. The summed E-state index contributed by atoms with van der Waals surface area (Å²) in [4.78, 5) is 29.9. The Hall–Kier alpha value is -4.37. The molecule has 0 N–H and O–H groups in total. The van der Waals surface area contributed by atoms with Gasteiger partial charge < -0.3 is 14.6 Å². The molecule has 2 aromatic carbocycles. The molecule has 0 unspecified atom stereocenters. The molecule has 1 fully saturated rings. The molecule has 1 aliphatic rings. The van der Waals surface area contributed by atoms with Crippen LogP contribution in [-0.2, 0) is 11.0 Å². The van der Waals surface area contributed by atoms with Crippen LogP contribution in [0.25, 0.3) is 37.8 Å². The maximum absolute atomic E-state index is 16.1. The lowest BCUT2D eigenvalue weighted by Gasteiger charge is -2.39. The number of halogens is 6. The second kappa shape index (κ2) is 10.3. The van der Waals surface area contributed by atoms with Crippen LogP contribution in [0.4, 0.5) is 27.8 Å². The number of hydrogen-bond donors (Lipinski definition) is 0. The Morgan fingerprint density at radius 1 is 1.20 bits per heavy atom. The molecular weight excluding hydrogens is 555 g/mol. The van der Waals surface area contributed by atoms with Crippen LogP contribution in [0.1, 0.15) is 5.82 Å². The third-order valence-corrected chi connectivity index (χ3v) is 7.02. The monoisotopic (exact) mass is 572 g/mol. The molecule has 0 saturated carbocycles. The van der Waals surface area contributed by atoms with Crippen molar-refractivity contribution in [2.45, 2.75) is 12.2 Å². The lowest BCUT2D eigenvalue weighted by Crippen LogP contribution is -2.56.